The lowest BCUT2D eigenvalue weighted by Crippen LogP contribution is -2.23. The topological polar surface area (TPSA) is 64.1 Å². The zero-order chi connectivity index (χ0) is 23.7. The molecule has 0 radical (unpaired) electrons. The van der Waals surface area contributed by atoms with E-state index in [-0.39, 0.29) is 28.8 Å². The van der Waals surface area contributed by atoms with Crippen LogP contribution >= 0.6 is 11.3 Å². The van der Waals surface area contributed by atoms with E-state index < -0.39 is 59.1 Å². The van der Waals surface area contributed by atoms with Gasteiger partial charge in [-0.25, -0.2) is 8.78 Å². The summed E-state index contributed by atoms with van der Waals surface area (Å²) in [6.45, 7) is -0.483. The molecule has 1 amide bonds. The van der Waals surface area contributed by atoms with Crippen molar-refractivity contribution in [2.45, 2.75) is 18.9 Å². The van der Waals surface area contributed by atoms with Gasteiger partial charge in [-0.3, -0.25) is 4.79 Å². The number of hydrogen-bond acceptors (Lipinski definition) is 5. The standard InChI is InChI=1S/C18H9F8N3O2S/c19-12-5-14(13(20)1-8(12)6-27-15(30)16-29-28-7-32-16)31-11-3-9(17(21,22)23)2-10(4-11)18(24,25)26/h1-5,7H,6H2,(H,27,30). The third-order valence-electron chi connectivity index (χ3n) is 3.88. The quantitative estimate of drug-likeness (QED) is 0.482. The van der Waals surface area contributed by atoms with Crippen LogP contribution in [0.3, 0.4) is 0 Å². The minimum Gasteiger partial charge on any atom is -0.454 e. The Balaban J connectivity index is 1.85. The Morgan fingerprint density at radius 1 is 0.938 bits per heavy atom. The van der Waals surface area contributed by atoms with Gasteiger partial charge in [0.2, 0.25) is 5.01 Å². The Bertz CT molecular complexity index is 1100. The highest BCUT2D eigenvalue weighted by atomic mass is 32.1. The van der Waals surface area contributed by atoms with Gasteiger partial charge in [0.25, 0.3) is 5.91 Å². The van der Waals surface area contributed by atoms with Crippen LogP contribution in [0.4, 0.5) is 35.1 Å². The summed E-state index contributed by atoms with van der Waals surface area (Å²) in [4.78, 5) is 11.8. The number of amides is 1. The molecular weight excluding hydrogens is 474 g/mol. The van der Waals surface area contributed by atoms with Crippen LogP contribution in [0.2, 0.25) is 0 Å². The molecule has 0 saturated heterocycles. The summed E-state index contributed by atoms with van der Waals surface area (Å²) in [7, 11) is 0. The summed E-state index contributed by atoms with van der Waals surface area (Å²) >= 11 is 0.901. The van der Waals surface area contributed by atoms with Crippen molar-refractivity contribution in [3.63, 3.8) is 0 Å². The third kappa shape index (κ3) is 5.49. The van der Waals surface area contributed by atoms with Crippen molar-refractivity contribution < 1.29 is 44.7 Å². The average molecular weight is 483 g/mol. The Labute approximate surface area is 177 Å². The van der Waals surface area contributed by atoms with Crippen molar-refractivity contribution in [2.75, 3.05) is 0 Å². The van der Waals surface area contributed by atoms with Crippen molar-refractivity contribution in [1.29, 1.82) is 0 Å². The summed E-state index contributed by atoms with van der Waals surface area (Å²) in [6.07, 6.45) is -10.3. The summed E-state index contributed by atoms with van der Waals surface area (Å²) in [6, 6.07) is 1.34. The van der Waals surface area contributed by atoms with Crippen LogP contribution in [0.5, 0.6) is 11.5 Å². The molecule has 5 nitrogen and oxygen atoms in total. The largest absolute Gasteiger partial charge is 0.454 e. The molecule has 0 bridgehead atoms. The molecule has 3 rings (SSSR count). The molecule has 1 heterocycles. The number of ether oxygens (including phenoxy) is 1. The van der Waals surface area contributed by atoms with Gasteiger partial charge in [0.15, 0.2) is 11.6 Å². The molecule has 1 N–H and O–H groups in total. The molecule has 0 atom stereocenters. The first-order chi connectivity index (χ1) is 14.8. The predicted octanol–water partition coefficient (Wildman–Crippen LogP) is 5.58. The Morgan fingerprint density at radius 3 is 2.09 bits per heavy atom. The van der Waals surface area contributed by atoms with E-state index in [2.05, 4.69) is 15.5 Å². The fourth-order valence-corrected chi connectivity index (χ4v) is 2.89. The number of halogens is 8. The van der Waals surface area contributed by atoms with Crippen molar-refractivity contribution in [2.24, 2.45) is 0 Å². The molecule has 14 heteroatoms. The lowest BCUT2D eigenvalue weighted by molar-refractivity contribution is -0.143. The van der Waals surface area contributed by atoms with Crippen molar-refractivity contribution >= 4 is 17.2 Å². The van der Waals surface area contributed by atoms with Gasteiger partial charge in [-0.2, -0.15) is 26.3 Å². The fourth-order valence-electron chi connectivity index (χ4n) is 2.42. The zero-order valence-electron chi connectivity index (χ0n) is 15.3. The highest BCUT2D eigenvalue weighted by Gasteiger charge is 2.37. The van der Waals surface area contributed by atoms with Gasteiger partial charge in [-0.15, -0.1) is 10.2 Å². The molecule has 0 unspecified atom stereocenters. The molecular formula is C18H9F8N3O2S. The predicted molar refractivity (Wildman–Crippen MR) is 94.0 cm³/mol. The number of nitrogens with zero attached hydrogens (tertiary/aromatic N) is 2. The molecule has 0 aliphatic rings. The maximum Gasteiger partial charge on any atom is 0.416 e. The lowest BCUT2D eigenvalue weighted by Gasteiger charge is -2.15. The third-order valence-corrected chi connectivity index (χ3v) is 4.57. The second-order valence-corrected chi connectivity index (χ2v) is 6.98. The molecule has 0 aliphatic carbocycles. The molecule has 0 fully saturated rings. The van der Waals surface area contributed by atoms with Gasteiger partial charge in [0, 0.05) is 18.2 Å². The van der Waals surface area contributed by atoms with Crippen molar-refractivity contribution in [3.05, 3.63) is 69.2 Å². The van der Waals surface area contributed by atoms with Gasteiger partial charge in [-0.05, 0) is 24.3 Å². The van der Waals surface area contributed by atoms with Gasteiger partial charge >= 0.3 is 12.4 Å². The van der Waals surface area contributed by atoms with E-state index >= 15 is 0 Å². The number of carbonyl (C=O) groups is 1. The van der Waals surface area contributed by atoms with Gasteiger partial charge < -0.3 is 10.1 Å². The van der Waals surface area contributed by atoms with E-state index in [4.69, 9.17) is 4.74 Å². The fraction of sp³-hybridized carbons (Fsp3) is 0.167. The van der Waals surface area contributed by atoms with E-state index in [9.17, 15) is 39.9 Å². The van der Waals surface area contributed by atoms with Crippen LogP contribution in [-0.2, 0) is 18.9 Å². The highest BCUT2D eigenvalue weighted by Crippen LogP contribution is 2.39. The normalized spacial score (nSPS) is 12.0. The van der Waals surface area contributed by atoms with Crippen LogP contribution in [-0.4, -0.2) is 16.1 Å². The minimum absolute atomic E-state index is 0.0316. The summed E-state index contributed by atoms with van der Waals surface area (Å²) in [5, 5.41) is 9.15. The number of benzene rings is 2. The molecule has 32 heavy (non-hydrogen) atoms. The Morgan fingerprint density at radius 2 is 1.56 bits per heavy atom. The maximum absolute atomic E-state index is 14.3. The molecule has 0 aliphatic heterocycles. The van der Waals surface area contributed by atoms with Crippen LogP contribution < -0.4 is 10.1 Å². The second kappa shape index (κ2) is 8.68. The smallest absolute Gasteiger partial charge is 0.416 e. The lowest BCUT2D eigenvalue weighted by atomic mass is 10.1. The number of alkyl halides is 6. The van der Waals surface area contributed by atoms with Crippen LogP contribution in [0.15, 0.2) is 35.8 Å². The first-order valence-electron chi connectivity index (χ1n) is 8.34. The van der Waals surface area contributed by atoms with E-state index in [1.54, 1.807) is 0 Å². The van der Waals surface area contributed by atoms with E-state index in [0.717, 1.165) is 11.3 Å². The highest BCUT2D eigenvalue weighted by molar-refractivity contribution is 7.11. The zero-order valence-corrected chi connectivity index (χ0v) is 16.1. The van der Waals surface area contributed by atoms with Crippen molar-refractivity contribution in [3.8, 4) is 11.5 Å². The summed E-state index contributed by atoms with van der Waals surface area (Å²) in [5.41, 5.74) is -2.44. The first kappa shape index (κ1) is 23.4. The first-order valence-corrected chi connectivity index (χ1v) is 9.22. The molecule has 2 aromatic carbocycles. The molecule has 170 valence electrons. The van der Waals surface area contributed by atoms with Crippen LogP contribution in [0.25, 0.3) is 0 Å². The second-order valence-electron chi connectivity index (χ2n) is 6.14. The molecule has 1 aromatic heterocycles. The SMILES string of the molecule is O=C(NCc1cc(F)c(Oc2cc(C(F)(F)F)cc(C(F)(F)F)c2)cc1F)c1nncs1. The van der Waals surface area contributed by atoms with Crippen molar-refractivity contribution in [1.82, 2.24) is 15.5 Å². The molecule has 3 aromatic rings. The van der Waals surface area contributed by atoms with Crippen LogP contribution in [0.1, 0.15) is 26.5 Å². The van der Waals surface area contributed by atoms with Crippen LogP contribution in [0, 0.1) is 11.6 Å². The number of aromatic nitrogens is 2. The Hall–Kier alpha value is -3.29. The number of nitrogens with one attached hydrogen (secondary N) is 1. The van der Waals surface area contributed by atoms with E-state index in [1.807, 2.05) is 0 Å². The van der Waals surface area contributed by atoms with Gasteiger partial charge in [0.05, 0.1) is 11.1 Å². The Kier molecular flexibility index (Phi) is 6.34. The monoisotopic (exact) mass is 483 g/mol. The summed E-state index contributed by atoms with van der Waals surface area (Å²) < 4.78 is 111. The maximum atomic E-state index is 14.3. The number of rotatable bonds is 5. The number of hydrogen-bond donors (Lipinski definition) is 1. The van der Waals surface area contributed by atoms with E-state index in [1.165, 1.54) is 5.51 Å². The molecule has 0 saturated carbocycles. The molecule has 0 spiro atoms. The van der Waals surface area contributed by atoms with Gasteiger partial charge in [0.1, 0.15) is 17.1 Å². The average Bonchev–Trinajstić information content (AvgIpc) is 3.22. The minimum atomic E-state index is -5.14. The van der Waals surface area contributed by atoms with E-state index in [0.29, 0.717) is 12.1 Å². The number of carbonyl (C=O) groups excluding carboxylic acids is 1. The summed E-state index contributed by atoms with van der Waals surface area (Å²) in [5.74, 6) is -5.06. The van der Waals surface area contributed by atoms with Gasteiger partial charge in [-0.1, -0.05) is 11.3 Å².